The van der Waals surface area contributed by atoms with Crippen LogP contribution in [0.25, 0.3) is 0 Å². The first-order valence-electron chi connectivity index (χ1n) is 11.6. The summed E-state index contributed by atoms with van der Waals surface area (Å²) in [5, 5.41) is 2.90. The van der Waals surface area contributed by atoms with Crippen LogP contribution >= 0.6 is 0 Å². The molecule has 0 atom stereocenters. The number of likely N-dealkylation sites (tertiary alicyclic amines) is 1. The third-order valence-corrected chi connectivity index (χ3v) is 5.68. The summed E-state index contributed by atoms with van der Waals surface area (Å²) in [6.45, 7) is 7.00. The fourth-order valence-corrected chi connectivity index (χ4v) is 4.05. The maximum Gasteiger partial charge on any atom is 0.417 e. The van der Waals surface area contributed by atoms with E-state index in [0.29, 0.717) is 5.75 Å². The standard InChI is InChI=1S/C26H28N2O2.C2H6/c29-26(30-24-12-5-2-6-13-24)27-25-14-8-7-11-23(25)20-28-17-15-22(16-18-28)19-21-9-3-1-4-10-21;1-2/h1-14,22H,15-20H2,(H,27,29);1-2H3. The van der Waals surface area contributed by atoms with Crippen molar-refractivity contribution in [3.05, 3.63) is 96.1 Å². The second kappa shape index (κ2) is 12.7. The number of hydrogen-bond donors (Lipinski definition) is 1. The number of nitrogens with zero attached hydrogens (tertiary/aromatic N) is 1. The van der Waals surface area contributed by atoms with E-state index in [9.17, 15) is 4.79 Å². The molecule has 168 valence electrons. The molecule has 1 fully saturated rings. The number of nitrogens with one attached hydrogen (secondary N) is 1. The summed E-state index contributed by atoms with van der Waals surface area (Å²) < 4.78 is 5.37. The highest BCUT2D eigenvalue weighted by atomic mass is 16.6. The van der Waals surface area contributed by atoms with E-state index in [1.165, 1.54) is 18.4 Å². The van der Waals surface area contributed by atoms with Gasteiger partial charge in [-0.25, -0.2) is 4.79 Å². The number of anilines is 1. The van der Waals surface area contributed by atoms with Gasteiger partial charge in [0.1, 0.15) is 5.75 Å². The number of carbonyl (C=O) groups is 1. The summed E-state index contributed by atoms with van der Waals surface area (Å²) in [7, 11) is 0. The molecule has 4 nitrogen and oxygen atoms in total. The van der Waals surface area contributed by atoms with Crippen LogP contribution in [0.15, 0.2) is 84.9 Å². The second-order valence-corrected chi connectivity index (χ2v) is 7.89. The van der Waals surface area contributed by atoms with Gasteiger partial charge in [0.05, 0.1) is 0 Å². The predicted octanol–water partition coefficient (Wildman–Crippen LogP) is 6.78. The molecule has 0 aliphatic carbocycles. The maximum absolute atomic E-state index is 12.3. The average Bonchev–Trinajstić information content (AvgIpc) is 2.84. The van der Waals surface area contributed by atoms with Crippen LogP contribution in [-0.2, 0) is 13.0 Å². The highest BCUT2D eigenvalue weighted by Gasteiger charge is 2.20. The Morgan fingerprint density at radius 2 is 1.47 bits per heavy atom. The first-order valence-corrected chi connectivity index (χ1v) is 11.6. The number of ether oxygens (including phenoxy) is 1. The number of rotatable bonds is 6. The molecule has 0 spiro atoms. The van der Waals surface area contributed by atoms with Gasteiger partial charge in [0.2, 0.25) is 0 Å². The van der Waals surface area contributed by atoms with Crippen molar-refractivity contribution in [2.45, 2.75) is 39.7 Å². The Balaban J connectivity index is 0.00000141. The van der Waals surface area contributed by atoms with Crippen LogP contribution in [0, 0.1) is 5.92 Å². The van der Waals surface area contributed by atoms with Crippen LogP contribution in [0.4, 0.5) is 10.5 Å². The number of amides is 1. The van der Waals surface area contributed by atoms with Gasteiger partial charge in [-0.3, -0.25) is 10.2 Å². The Kier molecular flexibility index (Phi) is 9.33. The van der Waals surface area contributed by atoms with Crippen molar-refractivity contribution in [1.82, 2.24) is 4.90 Å². The zero-order valence-corrected chi connectivity index (χ0v) is 19.2. The molecule has 3 aromatic carbocycles. The Hall–Kier alpha value is -3.11. The van der Waals surface area contributed by atoms with Crippen LogP contribution in [0.3, 0.4) is 0 Å². The smallest absolute Gasteiger partial charge is 0.410 e. The van der Waals surface area contributed by atoms with Crippen LogP contribution in [-0.4, -0.2) is 24.1 Å². The zero-order chi connectivity index (χ0) is 22.6. The molecule has 0 bridgehead atoms. The second-order valence-electron chi connectivity index (χ2n) is 7.89. The van der Waals surface area contributed by atoms with Gasteiger partial charge in [-0.15, -0.1) is 0 Å². The largest absolute Gasteiger partial charge is 0.417 e. The lowest BCUT2D eigenvalue weighted by Gasteiger charge is -2.32. The van der Waals surface area contributed by atoms with Crippen LogP contribution in [0.2, 0.25) is 0 Å². The lowest BCUT2D eigenvalue weighted by Crippen LogP contribution is -2.34. The first kappa shape index (κ1) is 23.6. The lowest BCUT2D eigenvalue weighted by molar-refractivity contribution is 0.177. The van der Waals surface area contributed by atoms with Crippen molar-refractivity contribution in [2.24, 2.45) is 5.92 Å². The molecule has 4 heteroatoms. The van der Waals surface area contributed by atoms with Crippen molar-refractivity contribution < 1.29 is 9.53 Å². The fraction of sp³-hybridized carbons (Fsp3) is 0.321. The highest BCUT2D eigenvalue weighted by molar-refractivity contribution is 5.87. The molecule has 1 amide bonds. The summed E-state index contributed by atoms with van der Waals surface area (Å²) in [5.74, 6) is 1.28. The van der Waals surface area contributed by atoms with Gasteiger partial charge in [0, 0.05) is 12.2 Å². The van der Waals surface area contributed by atoms with E-state index in [1.54, 1.807) is 12.1 Å². The van der Waals surface area contributed by atoms with Crippen molar-refractivity contribution in [3.63, 3.8) is 0 Å². The minimum absolute atomic E-state index is 0.463. The molecule has 0 unspecified atom stereocenters. The SMILES string of the molecule is CC.O=C(Nc1ccccc1CN1CCC(Cc2ccccc2)CC1)Oc1ccccc1. The predicted molar refractivity (Wildman–Crippen MR) is 132 cm³/mol. The van der Waals surface area contributed by atoms with Crippen molar-refractivity contribution >= 4 is 11.8 Å². The summed E-state index contributed by atoms with van der Waals surface area (Å²) in [6.07, 6.45) is 3.12. The molecule has 0 aromatic heterocycles. The summed E-state index contributed by atoms with van der Waals surface area (Å²) in [4.78, 5) is 14.8. The quantitative estimate of drug-likeness (QED) is 0.469. The number of hydrogen-bond acceptors (Lipinski definition) is 3. The van der Waals surface area contributed by atoms with Crippen LogP contribution in [0.1, 0.15) is 37.8 Å². The van der Waals surface area contributed by atoms with Crippen molar-refractivity contribution in [3.8, 4) is 5.75 Å². The fourth-order valence-electron chi connectivity index (χ4n) is 4.05. The molecule has 0 radical (unpaired) electrons. The van der Waals surface area contributed by atoms with E-state index in [-0.39, 0.29) is 0 Å². The summed E-state index contributed by atoms with van der Waals surface area (Å²) in [5.41, 5.74) is 3.36. The maximum atomic E-state index is 12.3. The van der Waals surface area contributed by atoms with Crippen LogP contribution in [0.5, 0.6) is 5.75 Å². The molecule has 0 saturated carbocycles. The molecule has 1 N–H and O–H groups in total. The summed E-state index contributed by atoms with van der Waals surface area (Å²) >= 11 is 0. The topological polar surface area (TPSA) is 41.6 Å². The molecule has 3 aromatic rings. The van der Waals surface area contributed by atoms with Gasteiger partial charge >= 0.3 is 6.09 Å². The highest BCUT2D eigenvalue weighted by Crippen LogP contribution is 2.25. The average molecular weight is 431 g/mol. The Morgan fingerprint density at radius 1 is 0.875 bits per heavy atom. The van der Waals surface area contributed by atoms with Crippen molar-refractivity contribution in [2.75, 3.05) is 18.4 Å². The minimum Gasteiger partial charge on any atom is -0.410 e. The first-order chi connectivity index (χ1) is 15.8. The van der Waals surface area contributed by atoms with Crippen LogP contribution < -0.4 is 10.1 Å². The van der Waals surface area contributed by atoms with E-state index in [0.717, 1.165) is 43.2 Å². The molecule has 4 rings (SSSR count). The monoisotopic (exact) mass is 430 g/mol. The third kappa shape index (κ3) is 7.24. The number of piperidine rings is 1. The molecule has 1 aliphatic heterocycles. The van der Waals surface area contributed by atoms with Gasteiger partial charge in [-0.1, -0.05) is 80.6 Å². The van der Waals surface area contributed by atoms with Gasteiger partial charge < -0.3 is 4.74 Å². The molecule has 32 heavy (non-hydrogen) atoms. The lowest BCUT2D eigenvalue weighted by atomic mass is 9.90. The Morgan fingerprint density at radius 3 is 2.16 bits per heavy atom. The minimum atomic E-state index is -0.463. The van der Waals surface area contributed by atoms with Gasteiger partial charge in [-0.05, 0) is 67.6 Å². The molecular formula is C28H34N2O2. The van der Waals surface area contributed by atoms with Gasteiger partial charge in [0.15, 0.2) is 0 Å². The number of para-hydroxylation sites is 2. The van der Waals surface area contributed by atoms with E-state index in [1.807, 2.05) is 50.2 Å². The number of carbonyl (C=O) groups excluding carboxylic acids is 1. The van der Waals surface area contributed by atoms with E-state index in [4.69, 9.17) is 4.74 Å². The molecule has 1 saturated heterocycles. The van der Waals surface area contributed by atoms with Crippen molar-refractivity contribution in [1.29, 1.82) is 0 Å². The number of benzene rings is 3. The molecular weight excluding hydrogens is 396 g/mol. The molecule has 1 heterocycles. The normalized spacial score (nSPS) is 14.2. The zero-order valence-electron chi connectivity index (χ0n) is 19.2. The van der Waals surface area contributed by atoms with Gasteiger partial charge in [-0.2, -0.15) is 0 Å². The van der Waals surface area contributed by atoms with E-state index >= 15 is 0 Å². The van der Waals surface area contributed by atoms with E-state index < -0.39 is 6.09 Å². The Bertz CT molecular complexity index is 936. The molecule has 1 aliphatic rings. The third-order valence-electron chi connectivity index (χ3n) is 5.68. The summed E-state index contributed by atoms with van der Waals surface area (Å²) in [6, 6.07) is 27.9. The Labute approximate surface area is 192 Å². The van der Waals surface area contributed by atoms with E-state index in [2.05, 4.69) is 46.6 Å². The van der Waals surface area contributed by atoms with Gasteiger partial charge in [0.25, 0.3) is 0 Å².